The fourth-order valence-electron chi connectivity index (χ4n) is 1.89. The standard InChI is InChI=1S/C14H16F2N2O2/c1-18(8-13(20)17-9-5-6-9)7-12(19)14-10(15)3-2-4-11(14)16/h2-4,9H,5-8H2,1H3,(H,17,20). The SMILES string of the molecule is CN(CC(=O)NC1CC1)CC(=O)c1c(F)cccc1F. The van der Waals surface area contributed by atoms with Crippen molar-refractivity contribution in [1.82, 2.24) is 10.2 Å². The van der Waals surface area contributed by atoms with Crippen LogP contribution in [0, 0.1) is 11.6 Å². The van der Waals surface area contributed by atoms with E-state index < -0.39 is 23.0 Å². The zero-order valence-corrected chi connectivity index (χ0v) is 11.2. The lowest BCUT2D eigenvalue weighted by molar-refractivity contribution is -0.121. The minimum atomic E-state index is -0.883. The van der Waals surface area contributed by atoms with Gasteiger partial charge >= 0.3 is 0 Å². The zero-order valence-electron chi connectivity index (χ0n) is 11.2. The molecule has 0 saturated heterocycles. The maximum absolute atomic E-state index is 13.4. The first-order valence-corrected chi connectivity index (χ1v) is 6.42. The average Bonchev–Trinajstić information content (AvgIpc) is 3.11. The molecule has 1 aromatic carbocycles. The predicted octanol–water partition coefficient (Wildman–Crippen LogP) is 1.36. The quantitative estimate of drug-likeness (QED) is 0.801. The Morgan fingerprint density at radius 3 is 2.40 bits per heavy atom. The number of ketones is 1. The fourth-order valence-corrected chi connectivity index (χ4v) is 1.89. The van der Waals surface area contributed by atoms with E-state index in [0.717, 1.165) is 25.0 Å². The molecule has 1 fully saturated rings. The number of likely N-dealkylation sites (N-methyl/N-ethyl adjacent to an activating group) is 1. The van der Waals surface area contributed by atoms with Crippen molar-refractivity contribution in [3.8, 4) is 0 Å². The van der Waals surface area contributed by atoms with Gasteiger partial charge in [0.25, 0.3) is 0 Å². The summed E-state index contributed by atoms with van der Waals surface area (Å²) in [6.45, 7) is -0.186. The van der Waals surface area contributed by atoms with E-state index >= 15 is 0 Å². The summed E-state index contributed by atoms with van der Waals surface area (Å²) in [5.74, 6) is -2.63. The van der Waals surface area contributed by atoms with Gasteiger partial charge in [0, 0.05) is 6.04 Å². The van der Waals surface area contributed by atoms with Crippen LogP contribution >= 0.6 is 0 Å². The van der Waals surface area contributed by atoms with Crippen LogP contribution in [0.15, 0.2) is 18.2 Å². The topological polar surface area (TPSA) is 49.4 Å². The molecule has 108 valence electrons. The van der Waals surface area contributed by atoms with Gasteiger partial charge in [-0.1, -0.05) is 6.07 Å². The van der Waals surface area contributed by atoms with Crippen molar-refractivity contribution in [2.75, 3.05) is 20.1 Å². The third kappa shape index (κ3) is 3.84. The normalized spacial score (nSPS) is 14.4. The first-order chi connectivity index (χ1) is 9.47. The molecule has 0 bridgehead atoms. The Bertz CT molecular complexity index is 510. The monoisotopic (exact) mass is 282 g/mol. The highest BCUT2D eigenvalue weighted by Gasteiger charge is 2.24. The molecule has 0 aromatic heterocycles. The lowest BCUT2D eigenvalue weighted by atomic mass is 10.1. The molecule has 1 aliphatic rings. The minimum absolute atomic E-state index is 0.0261. The van der Waals surface area contributed by atoms with Crippen LogP contribution in [0.2, 0.25) is 0 Å². The van der Waals surface area contributed by atoms with Crippen LogP contribution in [0.5, 0.6) is 0 Å². The van der Waals surface area contributed by atoms with Gasteiger partial charge in [0.15, 0.2) is 5.78 Å². The van der Waals surface area contributed by atoms with Crippen molar-refractivity contribution in [1.29, 1.82) is 0 Å². The molecule has 0 unspecified atom stereocenters. The third-order valence-electron chi connectivity index (χ3n) is 3.01. The molecule has 1 aromatic rings. The number of nitrogens with zero attached hydrogens (tertiary/aromatic N) is 1. The Morgan fingerprint density at radius 1 is 1.25 bits per heavy atom. The van der Waals surface area contributed by atoms with Gasteiger partial charge < -0.3 is 5.32 Å². The van der Waals surface area contributed by atoms with E-state index in [1.165, 1.54) is 11.0 Å². The molecule has 1 N–H and O–H groups in total. The van der Waals surface area contributed by atoms with Crippen molar-refractivity contribution in [3.05, 3.63) is 35.4 Å². The van der Waals surface area contributed by atoms with E-state index in [1.54, 1.807) is 7.05 Å². The van der Waals surface area contributed by atoms with Crippen molar-refractivity contribution >= 4 is 11.7 Å². The van der Waals surface area contributed by atoms with Gasteiger partial charge in [-0.3, -0.25) is 14.5 Å². The van der Waals surface area contributed by atoms with E-state index in [2.05, 4.69) is 5.32 Å². The molecule has 4 nitrogen and oxygen atoms in total. The zero-order chi connectivity index (χ0) is 14.7. The van der Waals surface area contributed by atoms with Crippen LogP contribution in [0.3, 0.4) is 0 Å². The summed E-state index contributed by atoms with van der Waals surface area (Å²) in [4.78, 5) is 24.8. The number of amides is 1. The van der Waals surface area contributed by atoms with E-state index in [0.29, 0.717) is 0 Å². The summed E-state index contributed by atoms with van der Waals surface area (Å²) < 4.78 is 26.9. The van der Waals surface area contributed by atoms with Gasteiger partial charge in [0.05, 0.1) is 18.7 Å². The maximum Gasteiger partial charge on any atom is 0.234 e. The van der Waals surface area contributed by atoms with Gasteiger partial charge in [-0.05, 0) is 32.0 Å². The second-order valence-electron chi connectivity index (χ2n) is 5.03. The van der Waals surface area contributed by atoms with Crippen molar-refractivity contribution in [2.45, 2.75) is 18.9 Å². The number of hydrogen-bond acceptors (Lipinski definition) is 3. The molecule has 20 heavy (non-hydrogen) atoms. The van der Waals surface area contributed by atoms with Crippen molar-refractivity contribution in [2.24, 2.45) is 0 Å². The first-order valence-electron chi connectivity index (χ1n) is 6.42. The number of carbonyl (C=O) groups excluding carboxylic acids is 2. The van der Waals surface area contributed by atoms with Gasteiger partial charge in [0.2, 0.25) is 5.91 Å². The number of nitrogens with one attached hydrogen (secondary N) is 1. The lowest BCUT2D eigenvalue weighted by Crippen LogP contribution is -2.38. The van der Waals surface area contributed by atoms with Gasteiger partial charge in [0.1, 0.15) is 11.6 Å². The van der Waals surface area contributed by atoms with E-state index in [1.807, 2.05) is 0 Å². The number of rotatable bonds is 6. The van der Waals surface area contributed by atoms with Gasteiger partial charge in [-0.25, -0.2) is 8.78 Å². The molecule has 0 heterocycles. The molecule has 0 aliphatic heterocycles. The number of hydrogen-bond donors (Lipinski definition) is 1. The molecular weight excluding hydrogens is 266 g/mol. The van der Waals surface area contributed by atoms with Crippen LogP contribution < -0.4 is 5.32 Å². The number of carbonyl (C=O) groups is 2. The highest BCUT2D eigenvalue weighted by molar-refractivity contribution is 5.98. The number of Topliss-reactive ketones (excluding diaryl/α,β-unsaturated/α-hetero) is 1. The summed E-state index contributed by atoms with van der Waals surface area (Å²) >= 11 is 0. The Balaban J connectivity index is 1.91. The van der Waals surface area contributed by atoms with E-state index in [9.17, 15) is 18.4 Å². The van der Waals surface area contributed by atoms with Crippen LogP contribution in [0.4, 0.5) is 8.78 Å². The maximum atomic E-state index is 13.4. The molecule has 1 saturated carbocycles. The predicted molar refractivity (Wildman–Crippen MR) is 69.4 cm³/mol. The molecule has 1 aliphatic carbocycles. The second kappa shape index (κ2) is 6.09. The van der Waals surface area contributed by atoms with Crippen molar-refractivity contribution in [3.63, 3.8) is 0 Å². The molecule has 0 spiro atoms. The summed E-state index contributed by atoms with van der Waals surface area (Å²) in [6, 6.07) is 3.52. The third-order valence-corrected chi connectivity index (χ3v) is 3.01. The minimum Gasteiger partial charge on any atom is -0.352 e. The second-order valence-corrected chi connectivity index (χ2v) is 5.03. The van der Waals surface area contributed by atoms with Crippen LogP contribution in [-0.2, 0) is 4.79 Å². The van der Waals surface area contributed by atoms with Crippen LogP contribution in [0.1, 0.15) is 23.2 Å². The Hall–Kier alpha value is -1.82. The average molecular weight is 282 g/mol. The molecule has 0 radical (unpaired) electrons. The van der Waals surface area contributed by atoms with Crippen LogP contribution in [-0.4, -0.2) is 42.8 Å². The molecule has 6 heteroatoms. The first kappa shape index (κ1) is 14.6. The molecule has 1 amide bonds. The summed E-state index contributed by atoms with van der Waals surface area (Å²) in [6.07, 6.45) is 1.96. The highest BCUT2D eigenvalue weighted by atomic mass is 19.1. The van der Waals surface area contributed by atoms with E-state index in [4.69, 9.17) is 0 Å². The summed E-state index contributed by atoms with van der Waals surface area (Å²) in [5, 5.41) is 2.78. The molecular formula is C14H16F2N2O2. The molecule has 2 rings (SSSR count). The largest absolute Gasteiger partial charge is 0.352 e. The Labute approximate surface area is 115 Å². The molecule has 0 atom stereocenters. The van der Waals surface area contributed by atoms with Gasteiger partial charge in [-0.2, -0.15) is 0 Å². The lowest BCUT2D eigenvalue weighted by Gasteiger charge is -2.15. The Kier molecular flexibility index (Phi) is 4.44. The summed E-state index contributed by atoms with van der Waals surface area (Å²) in [5.41, 5.74) is -0.554. The number of benzene rings is 1. The Morgan fingerprint density at radius 2 is 1.85 bits per heavy atom. The van der Waals surface area contributed by atoms with E-state index in [-0.39, 0.29) is 25.0 Å². The number of halogens is 2. The van der Waals surface area contributed by atoms with Crippen molar-refractivity contribution < 1.29 is 18.4 Å². The summed E-state index contributed by atoms with van der Waals surface area (Å²) in [7, 11) is 1.56. The smallest absolute Gasteiger partial charge is 0.234 e. The van der Waals surface area contributed by atoms with Crippen LogP contribution in [0.25, 0.3) is 0 Å². The fraction of sp³-hybridized carbons (Fsp3) is 0.429. The van der Waals surface area contributed by atoms with Gasteiger partial charge in [-0.15, -0.1) is 0 Å². The highest BCUT2D eigenvalue weighted by Crippen LogP contribution is 2.18.